The molecule has 1 aliphatic rings. The number of β-lactam (4-membered cyclic amide) rings is 1. The average molecular weight is 427 g/mol. The van der Waals surface area contributed by atoms with Crippen LogP contribution in [0.25, 0.3) is 0 Å². The Morgan fingerprint density at radius 3 is 2.59 bits per heavy atom. The molecule has 152 valence electrons. The van der Waals surface area contributed by atoms with E-state index in [4.69, 9.17) is 0 Å². The van der Waals surface area contributed by atoms with E-state index in [0.717, 1.165) is 14.5 Å². The van der Waals surface area contributed by atoms with Crippen molar-refractivity contribution >= 4 is 35.3 Å². The molecule has 0 spiro atoms. The average Bonchev–Trinajstić information content (AvgIpc) is 3.05. The number of aliphatic imine (C=N–C) groups is 1. The van der Waals surface area contributed by atoms with Gasteiger partial charge in [0.05, 0.1) is 18.0 Å². The Labute approximate surface area is 165 Å². The number of amides is 1. The first-order chi connectivity index (χ1) is 13.7. The number of alkyl halides is 3. The Hall–Kier alpha value is -3.18. The van der Waals surface area contributed by atoms with Gasteiger partial charge in [0, 0.05) is 10.6 Å². The van der Waals surface area contributed by atoms with Crippen LogP contribution >= 0.6 is 11.8 Å². The molecule has 0 aliphatic carbocycles. The number of benzene rings is 1. The van der Waals surface area contributed by atoms with Crippen LogP contribution in [0.2, 0.25) is 0 Å². The highest BCUT2D eigenvalue weighted by atomic mass is 32.2. The maximum atomic E-state index is 13.3. The monoisotopic (exact) mass is 427 g/mol. The van der Waals surface area contributed by atoms with E-state index in [1.165, 1.54) is 17.8 Å². The van der Waals surface area contributed by atoms with E-state index in [1.54, 1.807) is 24.3 Å². The maximum absolute atomic E-state index is 13.3. The molecule has 1 atom stereocenters. The summed E-state index contributed by atoms with van der Waals surface area (Å²) in [6.07, 6.45) is -3.89. The van der Waals surface area contributed by atoms with Crippen molar-refractivity contribution in [1.29, 1.82) is 0 Å². The molecule has 3 rings (SSSR count). The van der Waals surface area contributed by atoms with E-state index in [2.05, 4.69) is 10.1 Å². The zero-order valence-electron chi connectivity index (χ0n) is 14.5. The number of carbonyl (C=O) groups is 1. The Balaban J connectivity index is 1.94. The van der Waals surface area contributed by atoms with Crippen molar-refractivity contribution in [1.82, 2.24) is 9.78 Å². The van der Waals surface area contributed by atoms with Crippen LogP contribution in [0.5, 0.6) is 0 Å². The zero-order valence-corrected chi connectivity index (χ0v) is 15.3. The first-order valence-electron chi connectivity index (χ1n) is 8.12. The van der Waals surface area contributed by atoms with E-state index in [1.807, 2.05) is 6.07 Å². The number of hydrogen-bond donors (Lipinski definition) is 0. The first-order valence-corrected chi connectivity index (χ1v) is 9.11. The minimum atomic E-state index is -5.08. The molecule has 2 aromatic rings. The fourth-order valence-electron chi connectivity index (χ4n) is 2.75. The molecule has 1 saturated heterocycles. The Morgan fingerprint density at radius 2 is 2.03 bits per heavy atom. The second-order valence-electron chi connectivity index (χ2n) is 5.85. The van der Waals surface area contributed by atoms with Crippen molar-refractivity contribution in [2.75, 3.05) is 17.2 Å². The van der Waals surface area contributed by atoms with Crippen LogP contribution in [0.4, 0.5) is 24.7 Å². The number of anilines is 1. The Kier molecular flexibility index (Phi) is 5.71. The Morgan fingerprint density at radius 1 is 1.34 bits per heavy atom. The second-order valence-corrected chi connectivity index (χ2v) is 7.01. The highest BCUT2D eigenvalue weighted by molar-refractivity contribution is 7.99. The van der Waals surface area contributed by atoms with Crippen LogP contribution in [0.3, 0.4) is 0 Å². The lowest BCUT2D eigenvalue weighted by atomic mass is 10.1. The summed E-state index contributed by atoms with van der Waals surface area (Å²) in [4.78, 5) is 37.5. The molecule has 1 amide bonds. The predicted molar refractivity (Wildman–Crippen MR) is 95.3 cm³/mol. The number of nitro groups is 1. The molecule has 1 aromatic carbocycles. The van der Waals surface area contributed by atoms with Crippen LogP contribution in [-0.2, 0) is 22.3 Å². The summed E-state index contributed by atoms with van der Waals surface area (Å²) in [6.45, 7) is -0.388. The molecule has 0 N–H and O–H groups in total. The van der Waals surface area contributed by atoms with Crippen molar-refractivity contribution in [3.8, 4) is 0 Å². The lowest BCUT2D eigenvalue weighted by Crippen LogP contribution is -2.56. The fourth-order valence-corrected chi connectivity index (χ4v) is 3.60. The van der Waals surface area contributed by atoms with Gasteiger partial charge in [-0.2, -0.15) is 23.3 Å². The highest BCUT2D eigenvalue weighted by Crippen LogP contribution is 2.43. The van der Waals surface area contributed by atoms with Gasteiger partial charge in [0.15, 0.2) is 6.04 Å². The van der Waals surface area contributed by atoms with E-state index < -0.39 is 40.2 Å². The van der Waals surface area contributed by atoms with Crippen LogP contribution in [0.15, 0.2) is 40.2 Å². The van der Waals surface area contributed by atoms with Gasteiger partial charge in [-0.25, -0.2) is 9.48 Å². The number of isocyanates is 1. The van der Waals surface area contributed by atoms with Crippen molar-refractivity contribution in [3.05, 3.63) is 46.1 Å². The van der Waals surface area contributed by atoms with Crippen LogP contribution < -0.4 is 4.90 Å². The van der Waals surface area contributed by atoms with Gasteiger partial charge >= 0.3 is 11.9 Å². The zero-order chi connectivity index (χ0) is 21.2. The molecule has 0 saturated carbocycles. The summed E-state index contributed by atoms with van der Waals surface area (Å²) in [5.74, 6) is -1.15. The summed E-state index contributed by atoms with van der Waals surface area (Å²) in [5, 5.41) is 14.8. The topological polar surface area (TPSA) is 111 Å². The molecule has 29 heavy (non-hydrogen) atoms. The number of nitrogens with zero attached hydrogens (tertiary/aromatic N) is 5. The van der Waals surface area contributed by atoms with Gasteiger partial charge in [-0.05, 0) is 12.1 Å². The van der Waals surface area contributed by atoms with Crippen LogP contribution in [-0.4, -0.2) is 45.0 Å². The molecule has 9 nitrogen and oxygen atoms in total. The fraction of sp³-hybridized carbons (Fsp3) is 0.312. The van der Waals surface area contributed by atoms with Crippen molar-refractivity contribution in [2.24, 2.45) is 4.99 Å². The summed E-state index contributed by atoms with van der Waals surface area (Å²) >= 11 is 1.32. The van der Waals surface area contributed by atoms with Crippen molar-refractivity contribution < 1.29 is 27.7 Å². The Bertz CT molecular complexity index is 988. The number of carbonyl (C=O) groups excluding carboxylic acids is 2. The first kappa shape index (κ1) is 20.6. The van der Waals surface area contributed by atoms with E-state index >= 15 is 0 Å². The van der Waals surface area contributed by atoms with E-state index in [9.17, 15) is 32.9 Å². The number of aromatic nitrogens is 2. The molecule has 0 radical (unpaired) electrons. The van der Waals surface area contributed by atoms with Gasteiger partial charge in [0.2, 0.25) is 17.6 Å². The molecule has 1 aromatic heterocycles. The molecular formula is C16H12F3N5O4S. The molecule has 13 heteroatoms. The van der Waals surface area contributed by atoms with E-state index in [0.29, 0.717) is 0 Å². The minimum absolute atomic E-state index is 0.114. The van der Waals surface area contributed by atoms with Gasteiger partial charge in [0.25, 0.3) is 5.91 Å². The van der Waals surface area contributed by atoms with Gasteiger partial charge in [-0.15, -0.1) is 11.8 Å². The number of thioether (sulfide) groups is 1. The van der Waals surface area contributed by atoms with Gasteiger partial charge in [-0.1, -0.05) is 18.2 Å². The third-order valence-corrected chi connectivity index (χ3v) is 5.03. The molecular weight excluding hydrogens is 415 g/mol. The highest BCUT2D eigenvalue weighted by Gasteiger charge is 2.50. The molecule has 1 fully saturated rings. The van der Waals surface area contributed by atoms with Gasteiger partial charge in [-0.3, -0.25) is 19.8 Å². The third kappa shape index (κ3) is 4.15. The lowest BCUT2D eigenvalue weighted by Gasteiger charge is -2.34. The summed E-state index contributed by atoms with van der Waals surface area (Å²) in [5.41, 5.74) is -2.98. The number of rotatable bonds is 7. The standard InChI is InChI=1S/C16H12F3N5O4S/c17-16(18,19)13-12(24(27)28)14(22-8-11(15(22)26)20-9-25)23(21-13)6-7-29-10-4-2-1-3-5-10/h1-5,11H,6-8H2. The number of halogens is 3. The lowest BCUT2D eigenvalue weighted by molar-refractivity contribution is -0.387. The van der Waals surface area contributed by atoms with Crippen LogP contribution in [0.1, 0.15) is 5.69 Å². The maximum Gasteiger partial charge on any atom is 0.442 e. The SMILES string of the molecule is O=C=NC1CN(c2c([N+](=O)[O-])c(C(F)(F)F)nn2CCSc2ccccc2)C1=O. The quantitative estimate of drug-likeness (QED) is 0.168. The van der Waals surface area contributed by atoms with E-state index in [-0.39, 0.29) is 18.8 Å². The third-order valence-electron chi connectivity index (χ3n) is 4.04. The second kappa shape index (κ2) is 8.05. The smallest absolute Gasteiger partial charge is 0.287 e. The largest absolute Gasteiger partial charge is 0.442 e. The van der Waals surface area contributed by atoms with Gasteiger partial charge in [0.1, 0.15) is 0 Å². The summed E-state index contributed by atoms with van der Waals surface area (Å²) in [7, 11) is 0. The predicted octanol–water partition coefficient (Wildman–Crippen LogP) is 2.65. The van der Waals surface area contributed by atoms with Crippen molar-refractivity contribution in [3.63, 3.8) is 0 Å². The molecule has 0 bridgehead atoms. The van der Waals surface area contributed by atoms with Gasteiger partial charge < -0.3 is 0 Å². The van der Waals surface area contributed by atoms with Crippen LogP contribution in [0, 0.1) is 10.1 Å². The number of aryl methyl sites for hydroxylation is 1. The van der Waals surface area contributed by atoms with Crippen molar-refractivity contribution in [2.45, 2.75) is 23.7 Å². The minimum Gasteiger partial charge on any atom is -0.287 e. The molecule has 2 heterocycles. The summed E-state index contributed by atoms with van der Waals surface area (Å²) in [6, 6.07) is 7.88. The number of hydrogen-bond acceptors (Lipinski definition) is 7. The summed E-state index contributed by atoms with van der Waals surface area (Å²) < 4.78 is 40.7. The molecule has 1 aliphatic heterocycles. The normalized spacial score (nSPS) is 16.3. The molecule has 1 unspecified atom stereocenters.